The topological polar surface area (TPSA) is 12.0 Å². The molecule has 0 aromatic heterocycles. The van der Waals surface area contributed by atoms with Gasteiger partial charge in [-0.3, -0.25) is 0 Å². The van der Waals surface area contributed by atoms with E-state index in [0.29, 0.717) is 0 Å². The summed E-state index contributed by atoms with van der Waals surface area (Å²) in [5.41, 5.74) is 3.51. The van der Waals surface area contributed by atoms with Crippen molar-refractivity contribution in [2.24, 2.45) is 0 Å². The molecule has 100 valence electrons. The summed E-state index contributed by atoms with van der Waals surface area (Å²) in [5.74, 6) is -0.168. The lowest BCUT2D eigenvalue weighted by molar-refractivity contribution is 0.622. The van der Waals surface area contributed by atoms with Crippen LogP contribution in [0.2, 0.25) is 0 Å². The van der Waals surface area contributed by atoms with Gasteiger partial charge in [0.05, 0.1) is 0 Å². The van der Waals surface area contributed by atoms with E-state index in [0.717, 1.165) is 29.5 Å². The van der Waals surface area contributed by atoms with Crippen LogP contribution in [0.3, 0.4) is 0 Å². The van der Waals surface area contributed by atoms with Gasteiger partial charge < -0.3 is 5.32 Å². The van der Waals surface area contributed by atoms with Gasteiger partial charge in [0.2, 0.25) is 0 Å². The Morgan fingerprint density at radius 2 is 2.00 bits per heavy atom. The molecule has 0 saturated heterocycles. The number of hydrogen-bond acceptors (Lipinski definition) is 1. The van der Waals surface area contributed by atoms with Crippen LogP contribution in [0.5, 0.6) is 0 Å². The van der Waals surface area contributed by atoms with Crippen molar-refractivity contribution in [3.05, 3.63) is 69.4 Å². The fourth-order valence-corrected chi connectivity index (χ4v) is 2.58. The summed E-state index contributed by atoms with van der Waals surface area (Å²) in [6.07, 6.45) is 0.835. The molecule has 2 aromatic rings. The molecule has 0 atom stereocenters. The van der Waals surface area contributed by atoms with Gasteiger partial charge in [-0.15, -0.1) is 0 Å². The second-order valence-corrected chi connectivity index (χ2v) is 5.51. The summed E-state index contributed by atoms with van der Waals surface area (Å²) in [7, 11) is 0. The molecule has 0 aliphatic heterocycles. The highest BCUT2D eigenvalue weighted by Gasteiger charge is 2.00. The number of aryl methyl sites for hydroxylation is 1. The molecule has 2 aromatic carbocycles. The van der Waals surface area contributed by atoms with Gasteiger partial charge in [-0.2, -0.15) is 0 Å². The van der Waals surface area contributed by atoms with E-state index in [-0.39, 0.29) is 5.82 Å². The molecule has 0 unspecified atom stereocenters. The summed E-state index contributed by atoms with van der Waals surface area (Å²) in [6, 6.07) is 13.1. The minimum Gasteiger partial charge on any atom is -0.312 e. The van der Waals surface area contributed by atoms with E-state index in [9.17, 15) is 4.39 Å². The van der Waals surface area contributed by atoms with Crippen LogP contribution < -0.4 is 5.32 Å². The highest BCUT2D eigenvalue weighted by atomic mass is 79.9. The maximum atomic E-state index is 13.0. The van der Waals surface area contributed by atoms with Crippen LogP contribution in [0.4, 0.5) is 4.39 Å². The van der Waals surface area contributed by atoms with E-state index in [1.807, 2.05) is 6.07 Å². The van der Waals surface area contributed by atoms with Crippen molar-refractivity contribution in [1.29, 1.82) is 0 Å². The van der Waals surface area contributed by atoms with Crippen molar-refractivity contribution in [2.45, 2.75) is 19.9 Å². The van der Waals surface area contributed by atoms with Gasteiger partial charge in [0.1, 0.15) is 5.82 Å². The predicted octanol–water partition coefficient (Wildman–Crippen LogP) is 4.23. The lowest BCUT2D eigenvalue weighted by atomic mass is 10.1. The van der Waals surface area contributed by atoms with Crippen LogP contribution in [-0.2, 0) is 13.0 Å². The van der Waals surface area contributed by atoms with Crippen LogP contribution in [0.25, 0.3) is 0 Å². The Morgan fingerprint density at radius 3 is 2.74 bits per heavy atom. The Morgan fingerprint density at radius 1 is 1.16 bits per heavy atom. The number of benzene rings is 2. The zero-order valence-corrected chi connectivity index (χ0v) is 12.5. The van der Waals surface area contributed by atoms with Gasteiger partial charge in [-0.1, -0.05) is 40.2 Å². The Labute approximate surface area is 122 Å². The first-order valence-electron chi connectivity index (χ1n) is 6.35. The molecule has 0 radical (unpaired) electrons. The van der Waals surface area contributed by atoms with E-state index in [1.54, 1.807) is 12.1 Å². The molecule has 0 aliphatic rings. The molecule has 0 bridgehead atoms. The first kappa shape index (κ1) is 14.2. The SMILES string of the molecule is Cc1ccc(CNCCc2cccc(F)c2)c(Br)c1. The first-order valence-corrected chi connectivity index (χ1v) is 7.14. The number of rotatable bonds is 5. The molecule has 0 aliphatic carbocycles. The highest BCUT2D eigenvalue weighted by molar-refractivity contribution is 9.10. The smallest absolute Gasteiger partial charge is 0.123 e. The quantitative estimate of drug-likeness (QED) is 0.813. The Balaban J connectivity index is 1.81. The molecule has 0 amide bonds. The number of halogens is 2. The predicted molar refractivity (Wildman–Crippen MR) is 80.7 cm³/mol. The molecule has 1 N–H and O–H groups in total. The van der Waals surface area contributed by atoms with Crippen molar-refractivity contribution >= 4 is 15.9 Å². The van der Waals surface area contributed by atoms with E-state index in [1.165, 1.54) is 17.2 Å². The normalized spacial score (nSPS) is 10.7. The molecular formula is C16H17BrFN. The van der Waals surface area contributed by atoms with E-state index < -0.39 is 0 Å². The molecular weight excluding hydrogens is 305 g/mol. The standard InChI is InChI=1S/C16H17BrFN/c1-12-5-6-14(16(17)9-12)11-19-8-7-13-3-2-4-15(18)10-13/h2-6,9-10,19H,7-8,11H2,1H3. The molecule has 0 saturated carbocycles. The van der Waals surface area contributed by atoms with Gasteiger partial charge in [-0.25, -0.2) is 4.39 Å². The van der Waals surface area contributed by atoms with E-state index in [4.69, 9.17) is 0 Å². The third-order valence-electron chi connectivity index (χ3n) is 3.00. The molecule has 0 spiro atoms. The third-order valence-corrected chi connectivity index (χ3v) is 3.74. The van der Waals surface area contributed by atoms with Crippen LogP contribution >= 0.6 is 15.9 Å². The second kappa shape index (κ2) is 6.83. The summed E-state index contributed by atoms with van der Waals surface area (Å²) < 4.78 is 14.1. The fourth-order valence-electron chi connectivity index (χ4n) is 1.94. The van der Waals surface area contributed by atoms with Crippen LogP contribution in [0.1, 0.15) is 16.7 Å². The van der Waals surface area contributed by atoms with Gasteiger partial charge in [0.25, 0.3) is 0 Å². The lowest BCUT2D eigenvalue weighted by Gasteiger charge is -2.08. The minimum atomic E-state index is -0.168. The van der Waals surface area contributed by atoms with Crippen molar-refractivity contribution < 1.29 is 4.39 Å². The van der Waals surface area contributed by atoms with Crippen molar-refractivity contribution in [2.75, 3.05) is 6.54 Å². The molecule has 0 fully saturated rings. The Kier molecular flexibility index (Phi) is 5.11. The maximum absolute atomic E-state index is 13.0. The molecule has 2 rings (SSSR count). The summed E-state index contributed by atoms with van der Waals surface area (Å²) in [6.45, 7) is 3.73. The van der Waals surface area contributed by atoms with Crippen molar-refractivity contribution in [1.82, 2.24) is 5.32 Å². The highest BCUT2D eigenvalue weighted by Crippen LogP contribution is 2.18. The number of hydrogen-bond donors (Lipinski definition) is 1. The third kappa shape index (κ3) is 4.44. The Hall–Kier alpha value is -1.19. The largest absolute Gasteiger partial charge is 0.312 e. The molecule has 0 heterocycles. The van der Waals surface area contributed by atoms with Gasteiger partial charge in [0.15, 0.2) is 0 Å². The molecule has 19 heavy (non-hydrogen) atoms. The monoisotopic (exact) mass is 321 g/mol. The van der Waals surface area contributed by atoms with Crippen molar-refractivity contribution in [3.63, 3.8) is 0 Å². The average molecular weight is 322 g/mol. The molecule has 3 heteroatoms. The second-order valence-electron chi connectivity index (χ2n) is 4.65. The van der Waals surface area contributed by atoms with Crippen molar-refractivity contribution in [3.8, 4) is 0 Å². The van der Waals surface area contributed by atoms with Gasteiger partial charge >= 0.3 is 0 Å². The number of nitrogens with one attached hydrogen (secondary N) is 1. The van der Waals surface area contributed by atoms with Gasteiger partial charge in [-0.05, 0) is 54.8 Å². The summed E-state index contributed by atoms with van der Waals surface area (Å²) in [4.78, 5) is 0. The Bertz CT molecular complexity index is 554. The summed E-state index contributed by atoms with van der Waals surface area (Å²) in [5, 5.41) is 3.38. The maximum Gasteiger partial charge on any atom is 0.123 e. The average Bonchev–Trinajstić information content (AvgIpc) is 2.37. The van der Waals surface area contributed by atoms with Crippen LogP contribution in [0.15, 0.2) is 46.9 Å². The zero-order chi connectivity index (χ0) is 13.7. The lowest BCUT2D eigenvalue weighted by Crippen LogP contribution is -2.17. The first-order chi connectivity index (χ1) is 9.15. The zero-order valence-electron chi connectivity index (χ0n) is 10.9. The summed E-state index contributed by atoms with van der Waals surface area (Å²) >= 11 is 3.56. The van der Waals surface area contributed by atoms with E-state index >= 15 is 0 Å². The fraction of sp³-hybridized carbons (Fsp3) is 0.250. The van der Waals surface area contributed by atoms with Gasteiger partial charge in [0, 0.05) is 11.0 Å². The molecule has 1 nitrogen and oxygen atoms in total. The van der Waals surface area contributed by atoms with E-state index in [2.05, 4.69) is 46.4 Å². The minimum absolute atomic E-state index is 0.168. The van der Waals surface area contributed by atoms with Crippen LogP contribution in [-0.4, -0.2) is 6.54 Å². The van der Waals surface area contributed by atoms with Crippen LogP contribution in [0, 0.1) is 12.7 Å².